The third-order valence-corrected chi connectivity index (χ3v) is 3.73. The highest BCUT2D eigenvalue weighted by Crippen LogP contribution is 2.17. The first-order valence-electron chi connectivity index (χ1n) is 6.19. The van der Waals surface area contributed by atoms with E-state index in [1.807, 2.05) is 59.6 Å². The van der Waals surface area contributed by atoms with E-state index in [0.717, 1.165) is 11.4 Å². The van der Waals surface area contributed by atoms with Crippen LogP contribution in [0.1, 0.15) is 16.1 Å². The molecule has 0 fully saturated rings. The maximum atomic E-state index is 12.2. The van der Waals surface area contributed by atoms with Crippen molar-refractivity contribution in [2.75, 3.05) is 5.32 Å². The zero-order chi connectivity index (χ0) is 13.9. The van der Waals surface area contributed by atoms with Crippen LogP contribution in [-0.4, -0.2) is 15.5 Å². The van der Waals surface area contributed by atoms with Crippen LogP contribution in [0.2, 0.25) is 0 Å². The SMILES string of the molecule is Cc1csc(NC(=O)c2cccc(-n3cccc3)c2)n1. The number of aromatic nitrogens is 2. The summed E-state index contributed by atoms with van der Waals surface area (Å²) in [4.78, 5) is 16.4. The van der Waals surface area contributed by atoms with Crippen molar-refractivity contribution in [3.63, 3.8) is 0 Å². The Balaban J connectivity index is 1.83. The second-order valence-electron chi connectivity index (χ2n) is 4.39. The molecular formula is C15H13N3OS. The molecule has 0 aliphatic carbocycles. The molecule has 0 atom stereocenters. The molecule has 0 bridgehead atoms. The Morgan fingerprint density at radius 1 is 1.25 bits per heavy atom. The second kappa shape index (κ2) is 5.30. The molecule has 20 heavy (non-hydrogen) atoms. The molecule has 3 rings (SSSR count). The number of aryl methyl sites for hydroxylation is 1. The predicted octanol–water partition coefficient (Wildman–Crippen LogP) is 3.49. The van der Waals surface area contributed by atoms with Crippen molar-refractivity contribution in [2.45, 2.75) is 6.92 Å². The Morgan fingerprint density at radius 2 is 2.05 bits per heavy atom. The van der Waals surface area contributed by atoms with Crippen LogP contribution in [0, 0.1) is 6.92 Å². The summed E-state index contributed by atoms with van der Waals surface area (Å²) in [7, 11) is 0. The largest absolute Gasteiger partial charge is 0.324 e. The number of thiazole rings is 1. The zero-order valence-corrected chi connectivity index (χ0v) is 11.7. The number of rotatable bonds is 3. The van der Waals surface area contributed by atoms with Crippen LogP contribution < -0.4 is 5.32 Å². The third kappa shape index (κ3) is 2.62. The first-order chi connectivity index (χ1) is 9.72. The first kappa shape index (κ1) is 12.6. The van der Waals surface area contributed by atoms with Gasteiger partial charge >= 0.3 is 0 Å². The highest BCUT2D eigenvalue weighted by atomic mass is 32.1. The van der Waals surface area contributed by atoms with Gasteiger partial charge in [0.1, 0.15) is 0 Å². The normalized spacial score (nSPS) is 10.4. The van der Waals surface area contributed by atoms with E-state index in [9.17, 15) is 4.79 Å². The monoisotopic (exact) mass is 283 g/mol. The number of nitrogens with one attached hydrogen (secondary N) is 1. The second-order valence-corrected chi connectivity index (χ2v) is 5.25. The molecule has 2 aromatic heterocycles. The van der Waals surface area contributed by atoms with Crippen molar-refractivity contribution in [1.29, 1.82) is 0 Å². The maximum absolute atomic E-state index is 12.2. The van der Waals surface area contributed by atoms with Crippen LogP contribution in [-0.2, 0) is 0 Å². The van der Waals surface area contributed by atoms with E-state index in [-0.39, 0.29) is 5.91 Å². The summed E-state index contributed by atoms with van der Waals surface area (Å²) in [5.74, 6) is -0.145. The molecule has 0 unspecified atom stereocenters. The standard InChI is InChI=1S/C15H13N3OS/c1-11-10-20-15(16-11)17-14(19)12-5-4-6-13(9-12)18-7-2-3-8-18/h2-10H,1H3,(H,16,17,19). The Bertz CT molecular complexity index is 731. The Hall–Kier alpha value is -2.40. The molecule has 0 radical (unpaired) electrons. The number of nitrogens with zero attached hydrogens (tertiary/aromatic N) is 2. The molecule has 5 heteroatoms. The summed E-state index contributed by atoms with van der Waals surface area (Å²) in [5.41, 5.74) is 2.48. The topological polar surface area (TPSA) is 46.9 Å². The summed E-state index contributed by atoms with van der Waals surface area (Å²) in [6, 6.07) is 11.4. The lowest BCUT2D eigenvalue weighted by Gasteiger charge is -2.06. The zero-order valence-electron chi connectivity index (χ0n) is 10.9. The first-order valence-corrected chi connectivity index (χ1v) is 7.07. The van der Waals surface area contributed by atoms with Crippen LogP contribution in [0.5, 0.6) is 0 Å². The number of carbonyl (C=O) groups is 1. The van der Waals surface area contributed by atoms with E-state index < -0.39 is 0 Å². The van der Waals surface area contributed by atoms with E-state index in [1.54, 1.807) is 6.07 Å². The number of hydrogen-bond donors (Lipinski definition) is 1. The van der Waals surface area contributed by atoms with Crippen molar-refractivity contribution in [1.82, 2.24) is 9.55 Å². The lowest BCUT2D eigenvalue weighted by atomic mass is 10.2. The average Bonchev–Trinajstić information content (AvgIpc) is 3.11. The predicted molar refractivity (Wildman–Crippen MR) is 80.6 cm³/mol. The highest BCUT2D eigenvalue weighted by molar-refractivity contribution is 7.13. The molecule has 2 heterocycles. The van der Waals surface area contributed by atoms with Crippen LogP contribution in [0.4, 0.5) is 5.13 Å². The molecule has 100 valence electrons. The summed E-state index contributed by atoms with van der Waals surface area (Å²) < 4.78 is 1.96. The van der Waals surface area contributed by atoms with Crippen molar-refractivity contribution in [3.8, 4) is 5.69 Å². The molecule has 1 aromatic carbocycles. The van der Waals surface area contributed by atoms with Gasteiger partial charge < -0.3 is 4.57 Å². The van der Waals surface area contributed by atoms with Gasteiger partial charge in [0.05, 0.1) is 5.69 Å². The summed E-state index contributed by atoms with van der Waals surface area (Å²) >= 11 is 1.43. The average molecular weight is 283 g/mol. The van der Waals surface area contributed by atoms with Crippen molar-refractivity contribution in [2.24, 2.45) is 0 Å². The van der Waals surface area contributed by atoms with Gasteiger partial charge in [0, 0.05) is 29.0 Å². The molecule has 0 saturated carbocycles. The van der Waals surface area contributed by atoms with Gasteiger partial charge in [-0.1, -0.05) is 6.07 Å². The van der Waals surface area contributed by atoms with Gasteiger partial charge in [0.15, 0.2) is 5.13 Å². The molecule has 0 aliphatic heterocycles. The molecule has 0 spiro atoms. The molecule has 0 aliphatic rings. The lowest BCUT2D eigenvalue weighted by Crippen LogP contribution is -2.12. The van der Waals surface area contributed by atoms with E-state index in [2.05, 4.69) is 10.3 Å². The molecule has 3 aromatic rings. The van der Waals surface area contributed by atoms with Gasteiger partial charge in [0.25, 0.3) is 5.91 Å². The summed E-state index contributed by atoms with van der Waals surface area (Å²) in [5, 5.41) is 5.34. The maximum Gasteiger partial charge on any atom is 0.257 e. The minimum atomic E-state index is -0.145. The summed E-state index contributed by atoms with van der Waals surface area (Å²) in [6.07, 6.45) is 3.89. The minimum Gasteiger partial charge on any atom is -0.324 e. The Labute approximate surface area is 120 Å². The van der Waals surface area contributed by atoms with Gasteiger partial charge in [-0.2, -0.15) is 0 Å². The van der Waals surface area contributed by atoms with E-state index >= 15 is 0 Å². The van der Waals surface area contributed by atoms with Crippen LogP contribution in [0.3, 0.4) is 0 Å². The molecule has 1 N–H and O–H groups in total. The fourth-order valence-corrected chi connectivity index (χ4v) is 2.58. The van der Waals surface area contributed by atoms with E-state index in [0.29, 0.717) is 10.7 Å². The molecule has 1 amide bonds. The summed E-state index contributed by atoms with van der Waals surface area (Å²) in [6.45, 7) is 1.90. The number of carbonyl (C=O) groups excluding carboxylic acids is 1. The van der Waals surface area contributed by atoms with Crippen molar-refractivity contribution in [3.05, 3.63) is 65.4 Å². The minimum absolute atomic E-state index is 0.145. The van der Waals surface area contributed by atoms with Crippen LogP contribution in [0.25, 0.3) is 5.69 Å². The van der Waals surface area contributed by atoms with Crippen LogP contribution in [0.15, 0.2) is 54.2 Å². The quantitative estimate of drug-likeness (QED) is 0.799. The van der Waals surface area contributed by atoms with Gasteiger partial charge in [-0.3, -0.25) is 10.1 Å². The van der Waals surface area contributed by atoms with Crippen molar-refractivity contribution >= 4 is 22.4 Å². The molecular weight excluding hydrogens is 270 g/mol. The van der Waals surface area contributed by atoms with Gasteiger partial charge in [-0.25, -0.2) is 4.98 Å². The number of anilines is 1. The number of benzene rings is 1. The Morgan fingerprint density at radius 3 is 2.75 bits per heavy atom. The van der Waals surface area contributed by atoms with Gasteiger partial charge in [-0.15, -0.1) is 11.3 Å². The van der Waals surface area contributed by atoms with Crippen LogP contribution >= 0.6 is 11.3 Å². The van der Waals surface area contributed by atoms with Crippen molar-refractivity contribution < 1.29 is 4.79 Å². The lowest BCUT2D eigenvalue weighted by molar-refractivity contribution is 0.102. The molecule has 0 saturated heterocycles. The van der Waals surface area contributed by atoms with Gasteiger partial charge in [-0.05, 0) is 37.3 Å². The third-order valence-electron chi connectivity index (χ3n) is 2.85. The number of hydrogen-bond acceptors (Lipinski definition) is 3. The number of amides is 1. The smallest absolute Gasteiger partial charge is 0.257 e. The van der Waals surface area contributed by atoms with Gasteiger partial charge in [0.2, 0.25) is 0 Å². The fourth-order valence-electron chi connectivity index (χ4n) is 1.90. The van der Waals surface area contributed by atoms with E-state index in [1.165, 1.54) is 11.3 Å². The Kier molecular flexibility index (Phi) is 3.35. The highest BCUT2D eigenvalue weighted by Gasteiger charge is 2.09. The molecule has 4 nitrogen and oxygen atoms in total. The van der Waals surface area contributed by atoms with E-state index in [4.69, 9.17) is 0 Å². The fraction of sp³-hybridized carbons (Fsp3) is 0.0667.